The van der Waals surface area contributed by atoms with Gasteiger partial charge in [0, 0.05) is 5.56 Å². The molecule has 0 fully saturated rings. The van der Waals surface area contributed by atoms with Crippen LogP contribution in [0.5, 0.6) is 11.5 Å². The number of rotatable bonds is 8. The van der Waals surface area contributed by atoms with Gasteiger partial charge in [0.2, 0.25) is 5.91 Å². The molecule has 0 spiro atoms. The van der Waals surface area contributed by atoms with Gasteiger partial charge in [-0.05, 0) is 68.3 Å². The monoisotopic (exact) mass is 490 g/mol. The molecule has 0 saturated heterocycles. The first kappa shape index (κ1) is 24.9. The molecular formula is C28H27FN2O5. The van der Waals surface area contributed by atoms with Gasteiger partial charge in [0.25, 0.3) is 5.91 Å². The largest absolute Gasteiger partial charge is 0.485 e. The Hall–Kier alpha value is -4.20. The maximum absolute atomic E-state index is 13.3. The molecule has 3 aromatic rings. The lowest BCUT2D eigenvalue weighted by molar-refractivity contribution is -0.127. The van der Waals surface area contributed by atoms with Gasteiger partial charge in [-0.15, -0.1) is 0 Å². The number of Topliss-reactive ketones (excluding diaryl/α,β-unsaturated/α-hetero) is 1. The van der Waals surface area contributed by atoms with E-state index < -0.39 is 6.04 Å². The number of nitrogens with one attached hydrogen (secondary N) is 1. The van der Waals surface area contributed by atoms with Gasteiger partial charge in [0.05, 0.1) is 11.7 Å². The summed E-state index contributed by atoms with van der Waals surface area (Å²) in [6.07, 6.45) is 0. The third-order valence-corrected chi connectivity index (χ3v) is 6.08. The minimum Gasteiger partial charge on any atom is -0.485 e. The van der Waals surface area contributed by atoms with Crippen molar-refractivity contribution in [1.82, 2.24) is 5.32 Å². The lowest BCUT2D eigenvalue weighted by atomic mass is 10.1. The maximum Gasteiger partial charge on any atom is 0.265 e. The van der Waals surface area contributed by atoms with E-state index in [1.54, 1.807) is 26.0 Å². The molecule has 0 aromatic heterocycles. The zero-order valence-corrected chi connectivity index (χ0v) is 20.3. The molecule has 0 aliphatic carbocycles. The number of ether oxygens (including phenoxy) is 2. The minimum atomic E-state index is -0.838. The highest BCUT2D eigenvalue weighted by atomic mass is 19.1. The third-order valence-electron chi connectivity index (χ3n) is 6.08. The van der Waals surface area contributed by atoms with Crippen molar-refractivity contribution in [3.05, 3.63) is 89.2 Å². The van der Waals surface area contributed by atoms with Crippen molar-refractivity contribution in [2.75, 3.05) is 18.1 Å². The van der Waals surface area contributed by atoms with Crippen molar-refractivity contribution in [3.8, 4) is 11.5 Å². The summed E-state index contributed by atoms with van der Waals surface area (Å²) in [6, 6.07) is 17.2. The molecule has 0 bridgehead atoms. The number of nitrogens with zero attached hydrogens (tertiary/aromatic N) is 1. The number of hydrogen-bond acceptors (Lipinski definition) is 5. The van der Waals surface area contributed by atoms with Crippen LogP contribution in [0.25, 0.3) is 0 Å². The molecule has 1 heterocycles. The lowest BCUT2D eigenvalue weighted by Crippen LogP contribution is -2.51. The summed E-state index contributed by atoms with van der Waals surface area (Å²) in [5.74, 6) is -0.645. The van der Waals surface area contributed by atoms with E-state index in [0.29, 0.717) is 28.3 Å². The number of carbonyl (C=O) groups excluding carboxylic acids is 3. The van der Waals surface area contributed by atoms with Gasteiger partial charge in [-0.2, -0.15) is 0 Å². The number of ketones is 1. The predicted octanol–water partition coefficient (Wildman–Crippen LogP) is 4.39. The number of fused-ring (bicyclic) bond motifs is 1. The average molecular weight is 491 g/mol. The van der Waals surface area contributed by atoms with Crippen LogP contribution in [0.3, 0.4) is 0 Å². The second kappa shape index (κ2) is 10.6. The van der Waals surface area contributed by atoms with Gasteiger partial charge >= 0.3 is 0 Å². The van der Waals surface area contributed by atoms with E-state index in [-0.39, 0.29) is 42.7 Å². The Kier molecular flexibility index (Phi) is 7.33. The van der Waals surface area contributed by atoms with E-state index in [1.165, 1.54) is 29.2 Å². The number of halogens is 1. The zero-order valence-electron chi connectivity index (χ0n) is 20.3. The number of hydrogen-bond donors (Lipinski definition) is 1. The molecule has 8 heteroatoms. The molecule has 1 N–H and O–H groups in total. The Labute approximate surface area is 208 Å². The summed E-state index contributed by atoms with van der Waals surface area (Å²) in [7, 11) is 0. The fraction of sp³-hybridized carbons (Fsp3) is 0.250. The van der Waals surface area contributed by atoms with Crippen molar-refractivity contribution < 1.29 is 28.2 Å². The highest BCUT2D eigenvalue weighted by Gasteiger charge is 2.34. The highest BCUT2D eigenvalue weighted by molar-refractivity contribution is 6.06. The molecule has 0 radical (unpaired) electrons. The normalized spacial score (nSPS) is 14.3. The number of benzene rings is 3. The molecule has 186 valence electrons. The van der Waals surface area contributed by atoms with Crippen molar-refractivity contribution in [1.29, 1.82) is 0 Å². The van der Waals surface area contributed by atoms with Crippen LogP contribution in [0, 0.1) is 12.7 Å². The summed E-state index contributed by atoms with van der Waals surface area (Å²) >= 11 is 0. The molecule has 36 heavy (non-hydrogen) atoms. The minimum absolute atomic E-state index is 0.209. The molecule has 1 aliphatic rings. The molecule has 0 unspecified atom stereocenters. The smallest absolute Gasteiger partial charge is 0.265 e. The van der Waals surface area contributed by atoms with E-state index in [9.17, 15) is 18.8 Å². The maximum atomic E-state index is 13.3. The van der Waals surface area contributed by atoms with E-state index in [4.69, 9.17) is 9.47 Å². The predicted molar refractivity (Wildman–Crippen MR) is 133 cm³/mol. The zero-order chi connectivity index (χ0) is 25.8. The average Bonchev–Trinajstić information content (AvgIpc) is 2.87. The summed E-state index contributed by atoms with van der Waals surface area (Å²) in [5.41, 5.74) is 2.14. The van der Waals surface area contributed by atoms with E-state index >= 15 is 0 Å². The first-order valence-corrected chi connectivity index (χ1v) is 11.6. The standard InChI is InChI=1S/C28H27FN2O5/c1-17-13-22(29)10-12-25(17)35-15-24(32)21-9-11-26-23(14-21)31(27(33)16-36-26)19(3)28(34)30-18(2)20-7-5-4-6-8-20/h4-14,18-19H,15-16H2,1-3H3,(H,30,34)/t18-,19-/m0/s1. The van der Waals surface area contributed by atoms with Crippen molar-refractivity contribution >= 4 is 23.3 Å². The van der Waals surface area contributed by atoms with E-state index in [1.807, 2.05) is 37.3 Å². The Balaban J connectivity index is 1.51. The Morgan fingerprint density at radius 2 is 1.83 bits per heavy atom. The van der Waals surface area contributed by atoms with Crippen molar-refractivity contribution in [2.24, 2.45) is 0 Å². The summed E-state index contributed by atoms with van der Waals surface area (Å²) in [6.45, 7) is 4.71. The lowest BCUT2D eigenvalue weighted by Gasteiger charge is -2.34. The summed E-state index contributed by atoms with van der Waals surface area (Å²) in [5, 5.41) is 2.94. The Morgan fingerprint density at radius 3 is 2.56 bits per heavy atom. The number of amides is 2. The van der Waals surface area contributed by atoms with Gasteiger partial charge in [-0.3, -0.25) is 19.3 Å². The SMILES string of the molecule is Cc1cc(F)ccc1OCC(=O)c1ccc2c(c1)N([C@@H](C)C(=O)N[C@@H](C)c1ccccc1)C(=O)CO2. The van der Waals surface area contributed by atoms with Gasteiger partial charge < -0.3 is 14.8 Å². The molecule has 3 aromatic carbocycles. The van der Waals surface area contributed by atoms with Crippen LogP contribution in [-0.2, 0) is 9.59 Å². The van der Waals surface area contributed by atoms with Crippen LogP contribution in [0.4, 0.5) is 10.1 Å². The molecule has 4 rings (SSSR count). The van der Waals surface area contributed by atoms with Gasteiger partial charge in [0.15, 0.2) is 19.0 Å². The van der Waals surface area contributed by atoms with Gasteiger partial charge in [0.1, 0.15) is 23.4 Å². The quantitative estimate of drug-likeness (QED) is 0.474. The fourth-order valence-electron chi connectivity index (χ4n) is 4.05. The fourth-order valence-corrected chi connectivity index (χ4v) is 4.05. The van der Waals surface area contributed by atoms with Crippen LogP contribution in [0.1, 0.15) is 41.4 Å². The van der Waals surface area contributed by atoms with Crippen LogP contribution in [0.2, 0.25) is 0 Å². The van der Waals surface area contributed by atoms with Gasteiger partial charge in [-0.25, -0.2) is 4.39 Å². The topological polar surface area (TPSA) is 84.9 Å². The molecular weight excluding hydrogens is 463 g/mol. The Bertz CT molecular complexity index is 1290. The van der Waals surface area contributed by atoms with Gasteiger partial charge in [-0.1, -0.05) is 30.3 Å². The first-order chi connectivity index (χ1) is 17.2. The van der Waals surface area contributed by atoms with E-state index in [2.05, 4.69) is 5.32 Å². The molecule has 0 saturated carbocycles. The second-order valence-electron chi connectivity index (χ2n) is 8.67. The summed E-state index contributed by atoms with van der Waals surface area (Å²) < 4.78 is 24.4. The van der Waals surface area contributed by atoms with Crippen LogP contribution >= 0.6 is 0 Å². The van der Waals surface area contributed by atoms with Crippen LogP contribution < -0.4 is 19.7 Å². The molecule has 7 nitrogen and oxygen atoms in total. The number of carbonyl (C=O) groups is 3. The summed E-state index contributed by atoms with van der Waals surface area (Å²) in [4.78, 5) is 40.1. The van der Waals surface area contributed by atoms with Crippen LogP contribution in [0.15, 0.2) is 66.7 Å². The van der Waals surface area contributed by atoms with Crippen molar-refractivity contribution in [2.45, 2.75) is 32.9 Å². The molecule has 2 amide bonds. The third kappa shape index (κ3) is 5.38. The number of aryl methyl sites for hydroxylation is 1. The second-order valence-corrected chi connectivity index (χ2v) is 8.67. The first-order valence-electron chi connectivity index (χ1n) is 11.6. The van der Waals surface area contributed by atoms with Crippen molar-refractivity contribution in [3.63, 3.8) is 0 Å². The Morgan fingerprint density at radius 1 is 1.08 bits per heavy atom. The van der Waals surface area contributed by atoms with Crippen LogP contribution in [-0.4, -0.2) is 36.9 Å². The van der Waals surface area contributed by atoms with E-state index in [0.717, 1.165) is 5.56 Å². The highest BCUT2D eigenvalue weighted by Crippen LogP contribution is 2.35. The molecule has 1 aliphatic heterocycles. The molecule has 2 atom stereocenters. The number of anilines is 1.